The van der Waals surface area contributed by atoms with E-state index < -0.39 is 0 Å². The van der Waals surface area contributed by atoms with Crippen molar-refractivity contribution in [2.45, 2.75) is 45.6 Å². The van der Waals surface area contributed by atoms with Gasteiger partial charge >= 0.3 is 0 Å². The number of ketones is 1. The Balaban J connectivity index is 2.45. The molecule has 0 bridgehead atoms. The van der Waals surface area contributed by atoms with Crippen LogP contribution in [-0.4, -0.2) is 29.8 Å². The number of carbonyl (C=O) groups excluding carboxylic acids is 1. The second-order valence-corrected chi connectivity index (χ2v) is 3.56. The van der Waals surface area contributed by atoms with E-state index in [1.165, 1.54) is 12.8 Å². The second kappa shape index (κ2) is 4.61. The minimum atomic E-state index is 0.457. The maximum atomic E-state index is 11.2. The molecule has 12 heavy (non-hydrogen) atoms. The lowest BCUT2D eigenvalue weighted by Gasteiger charge is -2.33. The van der Waals surface area contributed by atoms with Crippen LogP contribution in [0.2, 0.25) is 0 Å². The van der Waals surface area contributed by atoms with Crippen LogP contribution in [-0.2, 0) is 4.79 Å². The number of piperidine rings is 1. The van der Waals surface area contributed by atoms with E-state index in [1.54, 1.807) is 0 Å². The van der Waals surface area contributed by atoms with Crippen molar-refractivity contribution in [1.29, 1.82) is 0 Å². The van der Waals surface area contributed by atoms with E-state index >= 15 is 0 Å². The number of nitrogens with zero attached hydrogens (tertiary/aromatic N) is 1. The Morgan fingerprint density at radius 3 is 2.83 bits per heavy atom. The predicted octanol–water partition coefficient (Wildman–Crippen LogP) is 1.84. The summed E-state index contributed by atoms with van der Waals surface area (Å²) in [4.78, 5) is 13.6. The highest BCUT2D eigenvalue weighted by Gasteiger charge is 2.24. The standard InChI is InChI=1S/C10H19NO/c1-3-5-9-8-10(12)6-7-11(9)4-2/h9H,3-8H2,1-2H3. The molecule has 70 valence electrons. The second-order valence-electron chi connectivity index (χ2n) is 3.56. The normalized spacial score (nSPS) is 26.2. The minimum absolute atomic E-state index is 0.457. The van der Waals surface area contributed by atoms with E-state index in [9.17, 15) is 4.79 Å². The molecule has 1 aliphatic rings. The van der Waals surface area contributed by atoms with Gasteiger partial charge in [-0.15, -0.1) is 0 Å². The monoisotopic (exact) mass is 169 g/mol. The first-order valence-electron chi connectivity index (χ1n) is 5.03. The van der Waals surface area contributed by atoms with Crippen LogP contribution >= 0.6 is 0 Å². The molecule has 0 aromatic heterocycles. The van der Waals surface area contributed by atoms with Crippen molar-refractivity contribution in [3.63, 3.8) is 0 Å². The molecule has 0 N–H and O–H groups in total. The van der Waals surface area contributed by atoms with Crippen molar-refractivity contribution < 1.29 is 4.79 Å². The van der Waals surface area contributed by atoms with Crippen molar-refractivity contribution in [3.8, 4) is 0 Å². The third-order valence-corrected chi connectivity index (χ3v) is 2.69. The third-order valence-electron chi connectivity index (χ3n) is 2.69. The topological polar surface area (TPSA) is 20.3 Å². The number of hydrogen-bond acceptors (Lipinski definition) is 2. The van der Waals surface area contributed by atoms with E-state index in [1.807, 2.05) is 0 Å². The van der Waals surface area contributed by atoms with Gasteiger partial charge in [0.25, 0.3) is 0 Å². The Morgan fingerprint density at radius 1 is 1.50 bits per heavy atom. The van der Waals surface area contributed by atoms with Crippen LogP contribution in [0, 0.1) is 0 Å². The van der Waals surface area contributed by atoms with Crippen LogP contribution in [0.3, 0.4) is 0 Å². The van der Waals surface area contributed by atoms with Crippen LogP contribution in [0.15, 0.2) is 0 Å². The zero-order valence-corrected chi connectivity index (χ0v) is 8.18. The molecule has 1 heterocycles. The van der Waals surface area contributed by atoms with Crippen molar-refractivity contribution in [1.82, 2.24) is 4.90 Å². The lowest BCUT2D eigenvalue weighted by atomic mass is 9.97. The van der Waals surface area contributed by atoms with E-state index in [2.05, 4.69) is 18.7 Å². The Labute approximate surface area is 74.9 Å². The largest absolute Gasteiger partial charge is 0.300 e. The van der Waals surface area contributed by atoms with Gasteiger partial charge in [0.2, 0.25) is 0 Å². The highest BCUT2D eigenvalue weighted by Crippen LogP contribution is 2.17. The molecule has 0 spiro atoms. The molecule has 1 saturated heterocycles. The Morgan fingerprint density at radius 2 is 2.25 bits per heavy atom. The SMILES string of the molecule is CCCC1CC(=O)CCN1CC. The lowest BCUT2D eigenvalue weighted by Crippen LogP contribution is -2.42. The van der Waals surface area contributed by atoms with Gasteiger partial charge in [0.15, 0.2) is 0 Å². The van der Waals surface area contributed by atoms with Crippen LogP contribution in [0.5, 0.6) is 0 Å². The van der Waals surface area contributed by atoms with Gasteiger partial charge in [-0.3, -0.25) is 9.69 Å². The molecular weight excluding hydrogens is 150 g/mol. The van der Waals surface area contributed by atoms with Crippen molar-refractivity contribution in [2.24, 2.45) is 0 Å². The van der Waals surface area contributed by atoms with Crippen LogP contribution in [0.4, 0.5) is 0 Å². The number of carbonyl (C=O) groups is 1. The van der Waals surface area contributed by atoms with E-state index in [0.717, 1.165) is 25.9 Å². The minimum Gasteiger partial charge on any atom is -0.300 e. The predicted molar refractivity (Wildman–Crippen MR) is 50.2 cm³/mol. The van der Waals surface area contributed by atoms with Crippen LogP contribution in [0.1, 0.15) is 39.5 Å². The first-order valence-corrected chi connectivity index (χ1v) is 5.03. The molecule has 0 amide bonds. The maximum Gasteiger partial charge on any atom is 0.135 e. The average Bonchev–Trinajstić information content (AvgIpc) is 2.05. The molecule has 1 unspecified atom stereocenters. The molecule has 0 saturated carbocycles. The molecular formula is C10H19NO. The van der Waals surface area contributed by atoms with Crippen molar-refractivity contribution >= 4 is 5.78 Å². The molecule has 1 fully saturated rings. The molecule has 0 aliphatic carbocycles. The lowest BCUT2D eigenvalue weighted by molar-refractivity contribution is -0.123. The smallest absolute Gasteiger partial charge is 0.135 e. The molecule has 1 rings (SSSR count). The summed E-state index contributed by atoms with van der Waals surface area (Å²) in [7, 11) is 0. The Kier molecular flexibility index (Phi) is 3.73. The molecule has 0 aromatic rings. The summed E-state index contributed by atoms with van der Waals surface area (Å²) in [6.07, 6.45) is 3.93. The van der Waals surface area contributed by atoms with Gasteiger partial charge in [0, 0.05) is 25.4 Å². The van der Waals surface area contributed by atoms with Crippen molar-refractivity contribution in [3.05, 3.63) is 0 Å². The summed E-state index contributed by atoms with van der Waals surface area (Å²) in [5.41, 5.74) is 0. The average molecular weight is 169 g/mol. The summed E-state index contributed by atoms with van der Waals surface area (Å²) in [5.74, 6) is 0.457. The van der Waals surface area contributed by atoms with Crippen LogP contribution < -0.4 is 0 Å². The van der Waals surface area contributed by atoms with Gasteiger partial charge in [0.05, 0.1) is 0 Å². The number of likely N-dealkylation sites (tertiary alicyclic amines) is 1. The summed E-state index contributed by atoms with van der Waals surface area (Å²) in [5, 5.41) is 0. The van der Waals surface area contributed by atoms with Gasteiger partial charge in [-0.1, -0.05) is 20.3 Å². The molecule has 2 nitrogen and oxygen atoms in total. The maximum absolute atomic E-state index is 11.2. The summed E-state index contributed by atoms with van der Waals surface area (Å²) >= 11 is 0. The third kappa shape index (κ3) is 2.31. The fraction of sp³-hybridized carbons (Fsp3) is 0.900. The van der Waals surface area contributed by atoms with Gasteiger partial charge in [0.1, 0.15) is 5.78 Å². The first-order chi connectivity index (χ1) is 5.77. The quantitative estimate of drug-likeness (QED) is 0.642. The van der Waals surface area contributed by atoms with Crippen molar-refractivity contribution in [2.75, 3.05) is 13.1 Å². The molecule has 0 radical (unpaired) electrons. The molecule has 2 heteroatoms. The first kappa shape index (κ1) is 9.72. The fourth-order valence-corrected chi connectivity index (χ4v) is 1.98. The van der Waals surface area contributed by atoms with Gasteiger partial charge < -0.3 is 0 Å². The Bertz CT molecular complexity index is 156. The summed E-state index contributed by atoms with van der Waals surface area (Å²) < 4.78 is 0. The highest BCUT2D eigenvalue weighted by molar-refractivity contribution is 5.79. The van der Waals surface area contributed by atoms with Gasteiger partial charge in [-0.05, 0) is 13.0 Å². The molecule has 0 aromatic carbocycles. The number of hydrogen-bond donors (Lipinski definition) is 0. The number of rotatable bonds is 3. The zero-order chi connectivity index (χ0) is 8.97. The molecule has 1 aliphatic heterocycles. The van der Waals surface area contributed by atoms with Gasteiger partial charge in [-0.2, -0.15) is 0 Å². The zero-order valence-electron chi connectivity index (χ0n) is 8.18. The summed E-state index contributed by atoms with van der Waals surface area (Å²) in [6, 6.07) is 0.543. The van der Waals surface area contributed by atoms with E-state index in [4.69, 9.17) is 0 Å². The summed E-state index contributed by atoms with van der Waals surface area (Å²) in [6.45, 7) is 6.45. The molecule has 1 atom stereocenters. The van der Waals surface area contributed by atoms with Crippen LogP contribution in [0.25, 0.3) is 0 Å². The highest BCUT2D eigenvalue weighted by atomic mass is 16.1. The fourth-order valence-electron chi connectivity index (χ4n) is 1.98. The Hall–Kier alpha value is -0.370. The van der Waals surface area contributed by atoms with Gasteiger partial charge in [-0.25, -0.2) is 0 Å². The number of Topliss-reactive ketones (excluding diaryl/α,β-unsaturated/α-hetero) is 1. The van der Waals surface area contributed by atoms with E-state index in [-0.39, 0.29) is 0 Å². The van der Waals surface area contributed by atoms with E-state index in [0.29, 0.717) is 11.8 Å².